The lowest BCUT2D eigenvalue weighted by atomic mass is 10.2. The summed E-state index contributed by atoms with van der Waals surface area (Å²) in [6.07, 6.45) is 0.582. The summed E-state index contributed by atoms with van der Waals surface area (Å²) in [4.78, 5) is 6.05. The van der Waals surface area contributed by atoms with Crippen LogP contribution >= 0.6 is 23.8 Å². The van der Waals surface area contributed by atoms with E-state index in [2.05, 4.69) is 14.6 Å². The van der Waals surface area contributed by atoms with E-state index < -0.39 is 20.2 Å². The van der Waals surface area contributed by atoms with Crippen LogP contribution in [-0.4, -0.2) is 51.3 Å². The van der Waals surface area contributed by atoms with E-state index in [4.69, 9.17) is 5.90 Å². The quantitative estimate of drug-likeness (QED) is 0.187. The molecule has 7 nitrogen and oxygen atoms in total. The molecule has 0 amide bonds. The number of anilines is 1. The first-order valence-corrected chi connectivity index (χ1v) is 12.5. The molecule has 0 saturated carbocycles. The van der Waals surface area contributed by atoms with E-state index in [0.717, 1.165) is 11.0 Å². The standard InChI is InChI=1S/C19H24F3N3O4S3/c1-25(2)11-10-14(13-30-15-6-4-3-5-7-15)24-17-9-8-16(31-29-28-23)12-18(17)32(26,27)19(20,21)22/h3-9,12,14,24H,10-11,13,23H2,1-2H3/t14-/m1/s1. The van der Waals surface area contributed by atoms with Crippen LogP contribution in [0.4, 0.5) is 18.9 Å². The SMILES string of the molecule is CN(C)CC[C@H](CSc1ccccc1)Nc1ccc(SOON)cc1S(=O)(=O)C(F)(F)F. The normalized spacial score (nSPS) is 13.3. The number of nitrogens with zero attached hydrogens (tertiary/aromatic N) is 1. The molecule has 0 aliphatic carbocycles. The van der Waals surface area contributed by atoms with Crippen molar-refractivity contribution in [2.45, 2.75) is 32.7 Å². The van der Waals surface area contributed by atoms with Crippen molar-refractivity contribution in [3.63, 3.8) is 0 Å². The van der Waals surface area contributed by atoms with Crippen LogP contribution in [0.15, 0.2) is 63.2 Å². The second-order valence-electron chi connectivity index (χ2n) is 6.91. The molecule has 13 heteroatoms. The molecule has 2 aromatic rings. The maximum atomic E-state index is 13.3. The van der Waals surface area contributed by atoms with Gasteiger partial charge in [0.05, 0.1) is 17.7 Å². The average Bonchev–Trinajstić information content (AvgIpc) is 2.74. The van der Waals surface area contributed by atoms with Crippen LogP contribution in [0.25, 0.3) is 0 Å². The maximum absolute atomic E-state index is 13.3. The molecule has 0 unspecified atom stereocenters. The lowest BCUT2D eigenvalue weighted by Gasteiger charge is -2.23. The van der Waals surface area contributed by atoms with E-state index in [0.29, 0.717) is 30.8 Å². The highest BCUT2D eigenvalue weighted by atomic mass is 32.2. The number of hydrogen-bond acceptors (Lipinski definition) is 9. The Kier molecular flexibility index (Phi) is 10.1. The van der Waals surface area contributed by atoms with Gasteiger partial charge in [-0.15, -0.1) is 21.1 Å². The topological polar surface area (TPSA) is 93.9 Å². The Balaban J connectivity index is 2.34. The number of halogens is 3. The second kappa shape index (κ2) is 12.1. The van der Waals surface area contributed by atoms with Crippen molar-refractivity contribution >= 4 is 39.3 Å². The molecular weight excluding hydrogens is 487 g/mol. The fraction of sp³-hybridized carbons (Fsp3) is 0.368. The molecule has 32 heavy (non-hydrogen) atoms. The van der Waals surface area contributed by atoms with Gasteiger partial charge in [-0.3, -0.25) is 0 Å². The Morgan fingerprint density at radius 1 is 1.12 bits per heavy atom. The van der Waals surface area contributed by atoms with Crippen molar-refractivity contribution in [2.24, 2.45) is 5.90 Å². The van der Waals surface area contributed by atoms with E-state index in [1.807, 2.05) is 49.3 Å². The minimum absolute atomic E-state index is 0.0762. The highest BCUT2D eigenvalue weighted by Crippen LogP contribution is 2.37. The van der Waals surface area contributed by atoms with Gasteiger partial charge in [0.1, 0.15) is 4.90 Å². The summed E-state index contributed by atoms with van der Waals surface area (Å²) in [5, 5.41) is 3.00. The van der Waals surface area contributed by atoms with E-state index in [-0.39, 0.29) is 16.6 Å². The third-order valence-corrected chi connectivity index (χ3v) is 7.49. The molecule has 0 spiro atoms. The van der Waals surface area contributed by atoms with Crippen LogP contribution in [0.5, 0.6) is 0 Å². The molecule has 0 aliphatic heterocycles. The Morgan fingerprint density at radius 3 is 2.41 bits per heavy atom. The Bertz CT molecular complexity index is 961. The zero-order valence-corrected chi connectivity index (χ0v) is 19.8. The van der Waals surface area contributed by atoms with Gasteiger partial charge in [0, 0.05) is 21.6 Å². The highest BCUT2D eigenvalue weighted by Gasteiger charge is 2.48. The van der Waals surface area contributed by atoms with Crippen molar-refractivity contribution in [1.82, 2.24) is 4.90 Å². The van der Waals surface area contributed by atoms with Crippen molar-refractivity contribution in [2.75, 3.05) is 31.7 Å². The molecule has 0 aromatic heterocycles. The van der Waals surface area contributed by atoms with Gasteiger partial charge in [0.25, 0.3) is 9.84 Å². The Labute approximate surface area is 193 Å². The van der Waals surface area contributed by atoms with Crippen LogP contribution < -0.4 is 11.2 Å². The number of alkyl halides is 3. The van der Waals surface area contributed by atoms with Crippen molar-refractivity contribution in [3.05, 3.63) is 48.5 Å². The maximum Gasteiger partial charge on any atom is 0.501 e. The number of thioether (sulfide) groups is 1. The summed E-state index contributed by atoms with van der Waals surface area (Å²) in [5.74, 6) is 5.26. The summed E-state index contributed by atoms with van der Waals surface area (Å²) < 4.78 is 68.9. The van der Waals surface area contributed by atoms with Gasteiger partial charge in [-0.1, -0.05) is 18.2 Å². The van der Waals surface area contributed by atoms with E-state index in [9.17, 15) is 21.6 Å². The van der Waals surface area contributed by atoms with Gasteiger partial charge < -0.3 is 10.2 Å². The summed E-state index contributed by atoms with van der Waals surface area (Å²) in [5.41, 5.74) is -5.60. The van der Waals surface area contributed by atoms with Gasteiger partial charge in [0.15, 0.2) is 0 Å². The number of sulfone groups is 1. The lowest BCUT2D eigenvalue weighted by molar-refractivity contribution is -0.195. The minimum Gasteiger partial charge on any atom is -0.380 e. The first kappa shape index (κ1) is 26.8. The van der Waals surface area contributed by atoms with Crippen LogP contribution in [0, 0.1) is 0 Å². The molecular formula is C19H24F3N3O4S3. The first-order chi connectivity index (χ1) is 15.0. The predicted molar refractivity (Wildman–Crippen MR) is 120 cm³/mol. The molecule has 0 radical (unpaired) electrons. The molecule has 0 aliphatic rings. The molecule has 0 bridgehead atoms. The average molecular weight is 512 g/mol. The molecule has 0 fully saturated rings. The smallest absolute Gasteiger partial charge is 0.380 e. The van der Waals surface area contributed by atoms with Crippen LogP contribution in [0.1, 0.15) is 6.42 Å². The molecule has 178 valence electrons. The largest absolute Gasteiger partial charge is 0.501 e. The zero-order chi connectivity index (χ0) is 23.8. The number of rotatable bonds is 12. The number of benzene rings is 2. The summed E-state index contributed by atoms with van der Waals surface area (Å²) >= 11 is 2.02. The molecule has 1 atom stereocenters. The molecule has 2 aromatic carbocycles. The van der Waals surface area contributed by atoms with Gasteiger partial charge in [-0.2, -0.15) is 19.1 Å². The van der Waals surface area contributed by atoms with Gasteiger partial charge in [0.2, 0.25) is 0 Å². The van der Waals surface area contributed by atoms with Crippen molar-refractivity contribution < 1.29 is 30.9 Å². The summed E-state index contributed by atoms with van der Waals surface area (Å²) in [6.45, 7) is 0.657. The van der Waals surface area contributed by atoms with Gasteiger partial charge >= 0.3 is 5.51 Å². The first-order valence-electron chi connectivity index (χ1n) is 9.29. The second-order valence-corrected chi connectivity index (χ2v) is 10.7. The molecule has 0 heterocycles. The van der Waals surface area contributed by atoms with E-state index in [1.54, 1.807) is 0 Å². The minimum atomic E-state index is -5.62. The Morgan fingerprint density at radius 2 is 1.81 bits per heavy atom. The fourth-order valence-electron chi connectivity index (χ4n) is 2.62. The predicted octanol–water partition coefficient (Wildman–Crippen LogP) is 4.33. The molecule has 3 N–H and O–H groups in total. The third kappa shape index (κ3) is 7.83. The fourth-order valence-corrected chi connectivity index (χ4v) is 5.05. The van der Waals surface area contributed by atoms with Gasteiger partial charge in [-0.25, -0.2) is 8.42 Å². The Hall–Kier alpha value is -1.48. The summed E-state index contributed by atoms with van der Waals surface area (Å²) in [6, 6.07) is 12.8. The molecule has 2 rings (SSSR count). The number of nitrogens with one attached hydrogen (secondary N) is 1. The monoisotopic (exact) mass is 511 g/mol. The number of nitrogens with two attached hydrogens (primary N) is 1. The summed E-state index contributed by atoms with van der Waals surface area (Å²) in [7, 11) is -1.86. The third-order valence-electron chi connectivity index (χ3n) is 4.20. The molecule has 0 saturated heterocycles. The van der Waals surface area contributed by atoms with Crippen LogP contribution in [0.2, 0.25) is 0 Å². The highest BCUT2D eigenvalue weighted by molar-refractivity contribution is 7.99. The van der Waals surface area contributed by atoms with Crippen molar-refractivity contribution in [1.29, 1.82) is 0 Å². The van der Waals surface area contributed by atoms with Crippen molar-refractivity contribution in [3.8, 4) is 0 Å². The van der Waals surface area contributed by atoms with Crippen LogP contribution in [0.3, 0.4) is 0 Å². The number of hydrogen-bond donors (Lipinski definition) is 2. The van der Waals surface area contributed by atoms with Crippen LogP contribution in [-0.2, 0) is 19.2 Å². The lowest BCUT2D eigenvalue weighted by Crippen LogP contribution is -2.30. The van der Waals surface area contributed by atoms with E-state index >= 15 is 0 Å². The zero-order valence-electron chi connectivity index (χ0n) is 17.3. The van der Waals surface area contributed by atoms with Gasteiger partial charge in [-0.05, 0) is 57.4 Å². The van der Waals surface area contributed by atoms with E-state index in [1.165, 1.54) is 23.9 Å².